The van der Waals surface area contributed by atoms with Crippen LogP contribution in [0, 0.1) is 60.0 Å². The largest absolute Gasteiger partial charge is 0.394 e. The summed E-state index contributed by atoms with van der Waals surface area (Å²) in [4.78, 5) is 220. The first-order chi connectivity index (χ1) is 69.9. The predicted molar refractivity (Wildman–Crippen MR) is 556 cm³/mol. The van der Waals surface area contributed by atoms with Crippen LogP contribution in [0.15, 0.2) is 30.5 Å². The number of amides is 15. The highest BCUT2D eigenvalue weighted by Crippen LogP contribution is 2.21. The lowest BCUT2D eigenvalue weighted by molar-refractivity contribution is -0.136. The maximum Gasteiger partial charge on any atom is 0.245 e. The maximum atomic E-state index is 15.3. The van der Waals surface area contributed by atoms with Crippen LogP contribution in [0.25, 0.3) is 10.9 Å². The molecule has 0 saturated heterocycles. The molecule has 0 bridgehead atoms. The third-order valence-electron chi connectivity index (χ3n) is 22.0. The Morgan fingerprint density at radius 1 is 0.284 bits per heavy atom. The van der Waals surface area contributed by atoms with Crippen LogP contribution in [0.5, 0.6) is 0 Å². The number of carbonyl (C=O) groups is 15. The van der Waals surface area contributed by atoms with Crippen molar-refractivity contribution < 1.29 is 77.0 Å². The highest BCUT2D eigenvalue weighted by atomic mass is 32.1. The second-order valence-electron chi connectivity index (χ2n) is 34.8. The molecule has 148 heavy (non-hydrogen) atoms. The number of carbonyl (C=O) groups excluding carboxylic acids is 15. The van der Waals surface area contributed by atoms with E-state index in [4.69, 9.17) is 117 Å². The molecule has 0 spiro atoms. The number of hydrogen-bond donors (Lipinski definition) is 48. The van der Waals surface area contributed by atoms with E-state index in [0.717, 1.165) is 0 Å². The van der Waals surface area contributed by atoms with Gasteiger partial charge in [-0.15, -0.1) is 0 Å². The van der Waals surface area contributed by atoms with Crippen molar-refractivity contribution >= 4 is 172 Å². The van der Waals surface area contributed by atoms with Gasteiger partial charge in [-0.3, -0.25) is 126 Å². The first kappa shape index (κ1) is 128. The Hall–Kier alpha value is -16.2. The third kappa shape index (κ3) is 55.1. The van der Waals surface area contributed by atoms with Crippen molar-refractivity contribution in [1.82, 2.24) is 133 Å². The van der Waals surface area contributed by atoms with Gasteiger partial charge in [0, 0.05) is 102 Å². The van der Waals surface area contributed by atoms with E-state index >= 15 is 28.8 Å². The number of nitrogens with two attached hydrogens (primary N) is 11. The zero-order valence-electron chi connectivity index (χ0n) is 83.5. The van der Waals surface area contributed by atoms with Crippen LogP contribution in [-0.4, -0.2) is 321 Å². The number of fused-ring (bicyclic) bond motifs is 1. The fourth-order valence-corrected chi connectivity index (χ4v) is 14.9. The molecule has 1 heterocycles. The lowest BCUT2D eigenvalue weighted by Crippen LogP contribution is -2.61. The normalized spacial score (nSPS) is 13.7. The predicted octanol–water partition coefficient (Wildman–Crippen LogP) is -13.4. The Bertz CT molecular complexity index is 4790. The van der Waals surface area contributed by atoms with Crippen molar-refractivity contribution in [3.63, 3.8) is 0 Å². The topological polar surface area (TPSA) is 1110 Å². The molecule has 15 amide bonds. The minimum absolute atomic E-state index is 0.0160. The number of guanidine groups is 10. The molecule has 2 aromatic rings. The second kappa shape index (κ2) is 70.5. The summed E-state index contributed by atoms with van der Waals surface area (Å²) in [6, 6.07) is -15.3. The summed E-state index contributed by atoms with van der Waals surface area (Å²) in [5, 5.41) is 151. The molecule has 0 saturated carbocycles. The van der Waals surface area contributed by atoms with Gasteiger partial charge in [0.05, 0.1) is 6.61 Å². The Morgan fingerprint density at radius 3 is 0.669 bits per heavy atom. The minimum Gasteiger partial charge on any atom is -0.394 e. The van der Waals surface area contributed by atoms with Gasteiger partial charge in [0.2, 0.25) is 88.6 Å². The highest BCUT2D eigenvalue weighted by molar-refractivity contribution is 7.80. The van der Waals surface area contributed by atoms with E-state index in [9.17, 15) is 48.3 Å². The number of aromatic amines is 1. The van der Waals surface area contributed by atoms with E-state index in [1.807, 2.05) is 13.8 Å². The monoisotopic (exact) mass is 2110 g/mol. The molecule has 2 rings (SSSR count). The molecule has 58 N–H and O–H groups in total. The molecule has 62 nitrogen and oxygen atoms in total. The minimum atomic E-state index is -1.94. The molecule has 0 fully saturated rings. The smallest absolute Gasteiger partial charge is 0.245 e. The zero-order chi connectivity index (χ0) is 111. The molecule has 0 aliphatic carbocycles. The molecule has 14 atom stereocenters. The number of rotatable bonds is 74. The lowest BCUT2D eigenvalue weighted by Gasteiger charge is -2.29. The van der Waals surface area contributed by atoms with Gasteiger partial charge >= 0.3 is 0 Å². The average Bonchev–Trinajstić information content (AvgIpc) is 1.66. The van der Waals surface area contributed by atoms with Crippen molar-refractivity contribution in [1.29, 1.82) is 54.1 Å². The first-order valence-corrected chi connectivity index (χ1v) is 48.7. The van der Waals surface area contributed by atoms with Gasteiger partial charge in [-0.2, -0.15) is 12.6 Å². The number of para-hydroxylation sites is 1. The molecule has 0 unspecified atom stereocenters. The van der Waals surface area contributed by atoms with Gasteiger partial charge in [-0.05, 0) is 152 Å². The Morgan fingerprint density at radius 2 is 0.473 bits per heavy atom. The van der Waals surface area contributed by atoms with Gasteiger partial charge in [0.1, 0.15) is 84.6 Å². The van der Waals surface area contributed by atoms with Gasteiger partial charge in [-0.25, -0.2) is 0 Å². The zero-order valence-corrected chi connectivity index (χ0v) is 84.4. The molecule has 63 heteroatoms. The van der Waals surface area contributed by atoms with Crippen LogP contribution in [-0.2, 0) is 78.3 Å². The summed E-state index contributed by atoms with van der Waals surface area (Å²) in [5.74, 6) is -20.1. The summed E-state index contributed by atoms with van der Waals surface area (Å²) in [6.07, 6.45) is -1.71. The molecule has 0 aliphatic rings. The quantitative estimate of drug-likeness (QED) is 0.0127. The molecule has 1 aromatic heterocycles. The van der Waals surface area contributed by atoms with Gasteiger partial charge in [0.15, 0.2) is 59.6 Å². The Balaban J connectivity index is 2.91. The van der Waals surface area contributed by atoms with Crippen LogP contribution >= 0.6 is 12.6 Å². The number of hydrogen-bond acceptors (Lipinski definition) is 27. The summed E-state index contributed by atoms with van der Waals surface area (Å²) < 4.78 is 0. The van der Waals surface area contributed by atoms with Crippen LogP contribution < -0.4 is 191 Å². The number of primary amides is 1. The number of nitrogens with one attached hydrogen (secondary N) is 35. The molecular formula is C85H156N46O16S. The average molecular weight is 2110 g/mol. The standard InChI is InChI=1S/C85H156N46O16S/c1-43(2)38-58(118-44(3)133)73(145)129-59(39-45-40-117-47-17-5-4-16-46(45)47)74(146)127-56(26-14-36-115-84(103)104)71(143)130-60(41-132)75(147)128-55(25-13-35-114-83(101)102)70(142)125-53(23-11-33-112-81(97)98)68(140)123-51(21-9-31-110-79(93)94)66(138)121-49(19-7-29-108-77(89)90)64(136)119-48(18-6-28-107-76(87)88)63(135)120-50(20-8-30-109-78(91)92)65(137)122-52(22-10-32-111-80(95)96)67(139)124-54(24-12-34-113-82(99)100)69(141)126-57(27-15-37-116-85(105)106)72(144)131-61(42-148)62(86)134/h4-5,16-17,40,43,48-61,117,132,148H,6-15,18-39,41-42H2,1-3H3,(H2,86,134)(H,118,133)(H,119,136)(H,120,135)(H,121,138)(H,122,137)(H,123,140)(H,124,139)(H,125,142)(H,126,141)(H,127,146)(H,128,147)(H,129,145)(H,130,143)(H,131,144)(H4,87,88,107)(H4,89,90,108)(H4,91,92,109)(H4,93,94,110)(H4,95,96,111)(H4,97,98,112)(H4,99,100,113)(H4,101,102,114)(H4,103,104,115)(H4,105,106,116)/t48-,49-,50-,51-,52-,53-,54-,55-,56+,57-,58+,59+,60+,61-/m1/s1. The highest BCUT2D eigenvalue weighted by Gasteiger charge is 2.39. The van der Waals surface area contributed by atoms with E-state index < -0.39 is 239 Å². The van der Waals surface area contributed by atoms with E-state index in [2.05, 4.69) is 145 Å². The molecule has 1 aromatic carbocycles. The number of H-pyrrole nitrogens is 1. The number of aliphatic hydroxyl groups is 1. The summed E-state index contributed by atoms with van der Waals surface area (Å²) >= 11 is 4.10. The SMILES string of the molecule is CC(=O)N[C@@H](CC(C)C)C(=O)N[C@@H](Cc1c[nH]c2ccccc12)C(=O)N[C@@H](CCCNC(=N)N)C(=O)N[C@@H](CO)C(=O)N[C@H](CCCNC(=N)N)C(=O)N[C@H](CCCNC(=N)N)C(=O)N[C@H](CCCNC(=N)N)C(=O)N[C@H](CCCNC(=N)N)C(=O)N[C@H](CCCNC(=N)N)C(=O)N[C@H](CCCNC(=N)N)C(=O)N[C@H](CCCNC(=N)N)C(=O)N[C@H](CCCNC(=N)N)C(=O)N[C@H](CCCNC(=N)N)C(=O)N[C@H](CS)C(N)=O. The number of thiol groups is 1. The van der Waals surface area contributed by atoms with Crippen molar-refractivity contribution in [2.75, 3.05) is 77.8 Å². The van der Waals surface area contributed by atoms with Crippen molar-refractivity contribution in [3.8, 4) is 0 Å². The Labute approximate surface area is 861 Å². The van der Waals surface area contributed by atoms with Crippen LogP contribution in [0.1, 0.15) is 161 Å². The van der Waals surface area contributed by atoms with Gasteiger partial charge in [0.25, 0.3) is 0 Å². The summed E-state index contributed by atoms with van der Waals surface area (Å²) in [5.41, 5.74) is 62.6. The maximum absolute atomic E-state index is 15.3. The molecular weight excluding hydrogens is 1950 g/mol. The second-order valence-corrected chi connectivity index (χ2v) is 35.2. The van der Waals surface area contributed by atoms with Crippen LogP contribution in [0.3, 0.4) is 0 Å². The lowest BCUT2D eigenvalue weighted by atomic mass is 10.00. The Kier molecular flexibility index (Phi) is 60.9. The number of aliphatic hydroxyl groups excluding tert-OH is 1. The van der Waals surface area contributed by atoms with E-state index in [1.54, 1.807) is 30.5 Å². The molecule has 0 radical (unpaired) electrons. The fourth-order valence-electron chi connectivity index (χ4n) is 14.6. The van der Waals surface area contributed by atoms with Gasteiger partial charge < -0.3 is 201 Å². The fraction of sp³-hybridized carbons (Fsp3) is 0.612. The van der Waals surface area contributed by atoms with Crippen molar-refractivity contribution in [2.45, 2.75) is 247 Å². The first-order valence-electron chi connectivity index (χ1n) is 48.0. The van der Waals surface area contributed by atoms with Crippen LogP contribution in [0.2, 0.25) is 0 Å². The van der Waals surface area contributed by atoms with E-state index in [1.165, 1.54) is 6.92 Å². The van der Waals surface area contributed by atoms with Gasteiger partial charge in [-0.1, -0.05) is 32.0 Å². The summed E-state index contributed by atoms with van der Waals surface area (Å²) in [6.45, 7) is 2.93. The van der Waals surface area contributed by atoms with E-state index in [0.29, 0.717) is 16.5 Å². The molecule has 0 aliphatic heterocycles. The number of aromatic nitrogens is 1. The van der Waals surface area contributed by atoms with Crippen molar-refractivity contribution in [3.05, 3.63) is 36.0 Å². The summed E-state index contributed by atoms with van der Waals surface area (Å²) in [7, 11) is 0. The third-order valence-corrected chi connectivity index (χ3v) is 22.3. The molecule has 828 valence electrons. The van der Waals surface area contributed by atoms with E-state index in [-0.39, 0.29) is 218 Å². The van der Waals surface area contributed by atoms with Crippen molar-refractivity contribution in [2.24, 2.45) is 69.0 Å². The van der Waals surface area contributed by atoms with Crippen LogP contribution in [0.4, 0.5) is 0 Å². The number of benzene rings is 1.